The molecule has 0 saturated carbocycles. The van der Waals surface area contributed by atoms with E-state index in [4.69, 9.17) is 4.74 Å². The molecule has 0 unspecified atom stereocenters. The van der Waals surface area contributed by atoms with Gasteiger partial charge in [-0.1, -0.05) is 17.7 Å². The highest BCUT2D eigenvalue weighted by Gasteiger charge is 2.17. The number of nitrogens with zero attached hydrogens (tertiary/aromatic N) is 2. The molecular weight excluding hydrogens is 296 g/mol. The van der Waals surface area contributed by atoms with Gasteiger partial charge in [0.15, 0.2) is 5.69 Å². The monoisotopic (exact) mass is 312 g/mol. The maximum absolute atomic E-state index is 11.8. The number of ether oxygens (including phenoxy) is 1. The normalized spacial score (nSPS) is 10.7. The molecule has 0 aliphatic rings. The van der Waals surface area contributed by atoms with Crippen molar-refractivity contribution in [2.24, 2.45) is 0 Å². The summed E-state index contributed by atoms with van der Waals surface area (Å²) in [4.78, 5) is 12.9. The van der Waals surface area contributed by atoms with Crippen molar-refractivity contribution >= 4 is 17.3 Å². The summed E-state index contributed by atoms with van der Waals surface area (Å²) in [5, 5.41) is 6.50. The average Bonchev–Trinajstić information content (AvgIpc) is 3.13. The number of aromatic nitrogens is 2. The molecule has 3 aromatic rings. The van der Waals surface area contributed by atoms with Crippen molar-refractivity contribution in [1.29, 1.82) is 0 Å². The van der Waals surface area contributed by atoms with Crippen molar-refractivity contribution in [3.63, 3.8) is 0 Å². The number of aryl methyl sites for hydroxylation is 2. The molecule has 0 saturated heterocycles. The van der Waals surface area contributed by atoms with Crippen LogP contribution in [-0.4, -0.2) is 22.9 Å². The van der Waals surface area contributed by atoms with Crippen molar-refractivity contribution in [3.05, 3.63) is 58.6 Å². The van der Waals surface area contributed by atoms with E-state index in [0.29, 0.717) is 5.69 Å². The molecule has 1 aromatic carbocycles. The second-order valence-corrected chi connectivity index (χ2v) is 6.05. The third-order valence-corrected chi connectivity index (χ3v) is 4.44. The number of hydrogen-bond donors (Lipinski definition) is 0. The van der Waals surface area contributed by atoms with Crippen LogP contribution < -0.4 is 0 Å². The van der Waals surface area contributed by atoms with Gasteiger partial charge in [0.05, 0.1) is 23.4 Å². The number of carbonyl (C=O) groups is 1. The molecule has 112 valence electrons. The van der Waals surface area contributed by atoms with Crippen LogP contribution in [0.3, 0.4) is 0 Å². The van der Waals surface area contributed by atoms with Gasteiger partial charge in [-0.3, -0.25) is 0 Å². The molecular formula is C17H16N2O2S. The van der Waals surface area contributed by atoms with Crippen molar-refractivity contribution < 1.29 is 9.53 Å². The van der Waals surface area contributed by atoms with Gasteiger partial charge < -0.3 is 4.74 Å². The van der Waals surface area contributed by atoms with Crippen LogP contribution in [0.4, 0.5) is 0 Å². The zero-order valence-corrected chi connectivity index (χ0v) is 13.5. The van der Waals surface area contributed by atoms with Crippen molar-refractivity contribution in [1.82, 2.24) is 9.78 Å². The molecule has 0 aliphatic carbocycles. The third-order valence-electron chi connectivity index (χ3n) is 3.37. The second kappa shape index (κ2) is 5.77. The van der Waals surface area contributed by atoms with Gasteiger partial charge >= 0.3 is 5.97 Å². The highest BCUT2D eigenvalue weighted by Crippen LogP contribution is 2.30. The van der Waals surface area contributed by atoms with Crippen molar-refractivity contribution in [3.8, 4) is 16.3 Å². The first-order chi connectivity index (χ1) is 10.6. The topological polar surface area (TPSA) is 44.1 Å². The van der Waals surface area contributed by atoms with Crippen LogP contribution in [0.5, 0.6) is 0 Å². The number of esters is 1. The molecule has 0 fully saturated rings. The highest BCUT2D eigenvalue weighted by molar-refractivity contribution is 7.13. The summed E-state index contributed by atoms with van der Waals surface area (Å²) < 4.78 is 6.58. The first-order valence-corrected chi connectivity index (χ1v) is 7.77. The van der Waals surface area contributed by atoms with Crippen LogP contribution in [0.1, 0.15) is 21.6 Å². The zero-order chi connectivity index (χ0) is 15.7. The molecule has 0 N–H and O–H groups in total. The van der Waals surface area contributed by atoms with Gasteiger partial charge in [0.1, 0.15) is 0 Å². The number of hydrogen-bond acceptors (Lipinski definition) is 4. The van der Waals surface area contributed by atoms with E-state index in [0.717, 1.165) is 16.3 Å². The molecule has 0 bridgehead atoms. The Labute approximate surface area is 133 Å². The van der Waals surface area contributed by atoms with Gasteiger partial charge in [0, 0.05) is 6.07 Å². The van der Waals surface area contributed by atoms with Crippen LogP contribution in [0.15, 0.2) is 41.8 Å². The largest absolute Gasteiger partial charge is 0.464 e. The lowest BCUT2D eigenvalue weighted by Gasteiger charge is -2.06. The Hall–Kier alpha value is -2.40. The summed E-state index contributed by atoms with van der Waals surface area (Å²) in [7, 11) is 1.36. The summed E-state index contributed by atoms with van der Waals surface area (Å²) in [6.07, 6.45) is 0. The summed E-state index contributed by atoms with van der Waals surface area (Å²) in [6.45, 7) is 4.09. The maximum atomic E-state index is 11.8. The van der Waals surface area contributed by atoms with E-state index in [1.165, 1.54) is 18.2 Å². The molecule has 2 aromatic heterocycles. The minimum absolute atomic E-state index is 0.309. The van der Waals surface area contributed by atoms with E-state index in [1.807, 2.05) is 38.1 Å². The maximum Gasteiger partial charge on any atom is 0.358 e. The van der Waals surface area contributed by atoms with Gasteiger partial charge in [-0.2, -0.15) is 5.10 Å². The highest BCUT2D eigenvalue weighted by atomic mass is 32.1. The fourth-order valence-corrected chi connectivity index (χ4v) is 3.11. The quantitative estimate of drug-likeness (QED) is 0.687. The molecule has 0 aliphatic heterocycles. The molecule has 0 radical (unpaired) electrons. The van der Waals surface area contributed by atoms with Crippen LogP contribution in [-0.2, 0) is 4.74 Å². The predicted molar refractivity (Wildman–Crippen MR) is 87.7 cm³/mol. The lowest BCUT2D eigenvalue weighted by atomic mass is 10.2. The Kier molecular flexibility index (Phi) is 3.81. The Bertz CT molecular complexity index is 816. The Balaban J connectivity index is 2.16. The molecule has 4 nitrogen and oxygen atoms in total. The fourth-order valence-electron chi connectivity index (χ4n) is 2.21. The number of benzene rings is 1. The molecule has 0 atom stereocenters. The van der Waals surface area contributed by atoms with E-state index in [2.05, 4.69) is 16.5 Å². The Morgan fingerprint density at radius 1 is 1.14 bits per heavy atom. The van der Waals surface area contributed by atoms with Crippen LogP contribution in [0, 0.1) is 13.8 Å². The number of methoxy groups -OCH3 is 1. The van der Waals surface area contributed by atoms with Gasteiger partial charge in [0.2, 0.25) is 0 Å². The van der Waals surface area contributed by atoms with Crippen LogP contribution >= 0.6 is 11.3 Å². The lowest BCUT2D eigenvalue weighted by Crippen LogP contribution is -2.04. The lowest BCUT2D eigenvalue weighted by molar-refractivity contribution is 0.0593. The number of carbonyl (C=O) groups excluding carboxylic acids is 1. The summed E-state index contributed by atoms with van der Waals surface area (Å²) in [5.41, 5.74) is 4.49. The van der Waals surface area contributed by atoms with E-state index in [1.54, 1.807) is 22.1 Å². The molecule has 5 heteroatoms. The average molecular weight is 312 g/mol. The van der Waals surface area contributed by atoms with Gasteiger partial charge in [0.25, 0.3) is 0 Å². The summed E-state index contributed by atoms with van der Waals surface area (Å²) in [6, 6.07) is 11.9. The minimum Gasteiger partial charge on any atom is -0.464 e. The predicted octanol–water partition coefficient (Wildman–Crippen LogP) is 4.00. The van der Waals surface area contributed by atoms with E-state index >= 15 is 0 Å². The Morgan fingerprint density at radius 2 is 1.86 bits per heavy atom. The molecule has 22 heavy (non-hydrogen) atoms. The van der Waals surface area contributed by atoms with E-state index in [-0.39, 0.29) is 0 Å². The third kappa shape index (κ3) is 2.67. The van der Waals surface area contributed by atoms with Crippen molar-refractivity contribution in [2.45, 2.75) is 13.8 Å². The molecule has 0 spiro atoms. The standard InChI is InChI=1S/C17H16N2O2S/c1-11-4-6-13(7-5-11)19-15(16-8-12(2)10-22-16)9-14(18-19)17(20)21-3/h4-10H,1-3H3. The van der Waals surface area contributed by atoms with Gasteiger partial charge in [-0.05, 0) is 43.0 Å². The summed E-state index contributed by atoms with van der Waals surface area (Å²) in [5.74, 6) is -0.430. The zero-order valence-electron chi connectivity index (χ0n) is 12.7. The molecule has 3 rings (SSSR count). The molecule has 2 heterocycles. The van der Waals surface area contributed by atoms with Gasteiger partial charge in [-0.15, -0.1) is 11.3 Å². The number of thiophene rings is 1. The van der Waals surface area contributed by atoms with Crippen LogP contribution in [0.2, 0.25) is 0 Å². The van der Waals surface area contributed by atoms with E-state index < -0.39 is 5.97 Å². The smallest absolute Gasteiger partial charge is 0.358 e. The summed E-state index contributed by atoms with van der Waals surface area (Å²) >= 11 is 1.63. The Morgan fingerprint density at radius 3 is 2.45 bits per heavy atom. The SMILES string of the molecule is COC(=O)c1cc(-c2cc(C)cs2)n(-c2ccc(C)cc2)n1. The fraction of sp³-hybridized carbons (Fsp3) is 0.176. The van der Waals surface area contributed by atoms with Gasteiger partial charge in [-0.25, -0.2) is 9.48 Å². The number of rotatable bonds is 3. The first-order valence-electron chi connectivity index (χ1n) is 6.89. The van der Waals surface area contributed by atoms with E-state index in [9.17, 15) is 4.79 Å². The second-order valence-electron chi connectivity index (χ2n) is 5.14. The van der Waals surface area contributed by atoms with Crippen molar-refractivity contribution in [2.75, 3.05) is 7.11 Å². The molecule has 0 amide bonds. The minimum atomic E-state index is -0.430. The first kappa shape index (κ1) is 14.5. The van der Waals surface area contributed by atoms with Crippen LogP contribution in [0.25, 0.3) is 16.3 Å².